The summed E-state index contributed by atoms with van der Waals surface area (Å²) in [7, 11) is 0. The zero-order valence-electron chi connectivity index (χ0n) is 27.1. The molecule has 2 amide bonds. The quantitative estimate of drug-likeness (QED) is 0.113. The van der Waals surface area contributed by atoms with Crippen molar-refractivity contribution in [3.05, 3.63) is 143 Å². The van der Waals surface area contributed by atoms with Crippen LogP contribution >= 0.6 is 0 Å². The Bertz CT molecular complexity index is 1780. The average Bonchev–Trinajstić information content (AvgIpc) is 3.07. The van der Waals surface area contributed by atoms with Gasteiger partial charge in [-0.25, -0.2) is 14.4 Å². The first-order chi connectivity index (χ1) is 23.0. The molecule has 9 nitrogen and oxygen atoms in total. The summed E-state index contributed by atoms with van der Waals surface area (Å²) in [5, 5.41) is 0. The summed E-state index contributed by atoms with van der Waals surface area (Å²) >= 11 is 0. The maximum absolute atomic E-state index is 13.5. The molecule has 1 saturated heterocycles. The third-order valence-corrected chi connectivity index (χ3v) is 7.72. The molecule has 0 radical (unpaired) electrons. The molecule has 0 bridgehead atoms. The van der Waals surface area contributed by atoms with Crippen molar-refractivity contribution in [3.63, 3.8) is 0 Å². The minimum Gasteiger partial charge on any atom is -0.459 e. The molecule has 1 fully saturated rings. The van der Waals surface area contributed by atoms with Crippen LogP contribution in [0.4, 0.5) is 0 Å². The van der Waals surface area contributed by atoms with Gasteiger partial charge < -0.3 is 14.2 Å². The Morgan fingerprint density at radius 3 is 1.88 bits per heavy atom. The Labute approximate surface area is 279 Å². The van der Waals surface area contributed by atoms with E-state index in [2.05, 4.69) is 0 Å². The highest BCUT2D eigenvalue weighted by atomic mass is 16.6. The van der Waals surface area contributed by atoms with E-state index < -0.39 is 47.3 Å². The lowest BCUT2D eigenvalue weighted by atomic mass is 9.81. The number of β-lactam (4-membered cyclic amide) rings is 1. The number of rotatable bonds is 11. The van der Waals surface area contributed by atoms with Gasteiger partial charge in [0.25, 0.3) is 0 Å². The molecule has 0 aromatic heterocycles. The smallest absolute Gasteiger partial charge is 0.338 e. The number of esters is 3. The summed E-state index contributed by atoms with van der Waals surface area (Å²) in [6.07, 6.45) is 0.0516. The first-order valence-electron chi connectivity index (χ1n) is 15.7. The molecule has 1 heterocycles. The number of hydrogen-bond acceptors (Lipinski definition) is 8. The molecule has 0 aliphatic carbocycles. The zero-order chi connectivity index (χ0) is 34.3. The standard InChI is InChI=1S/C39H37NO8/c1-39(2,3)48-37(44)30-19-17-28(18-20-30)25-47-38(45)34-32(22-26-11-6-4-7-12-26)35(42)40(34)33(41)23-29-15-10-16-31(21-29)36(43)46-24-27-13-8-5-9-14-27/h4-21,32,34H,22-25H2,1-3H3/t32-,34-/m0/s1. The van der Waals surface area contributed by atoms with E-state index in [1.54, 1.807) is 69.3 Å². The summed E-state index contributed by atoms with van der Waals surface area (Å²) in [6, 6.07) is 30.3. The Morgan fingerprint density at radius 1 is 0.646 bits per heavy atom. The molecule has 5 rings (SSSR count). The fourth-order valence-corrected chi connectivity index (χ4v) is 5.35. The Morgan fingerprint density at radius 2 is 1.23 bits per heavy atom. The number of amides is 2. The van der Waals surface area contributed by atoms with Gasteiger partial charge in [-0.2, -0.15) is 0 Å². The van der Waals surface area contributed by atoms with Crippen LogP contribution < -0.4 is 0 Å². The fourth-order valence-electron chi connectivity index (χ4n) is 5.35. The fraction of sp³-hybridized carbons (Fsp3) is 0.256. The van der Waals surface area contributed by atoms with Crippen LogP contribution in [0, 0.1) is 5.92 Å². The monoisotopic (exact) mass is 647 g/mol. The van der Waals surface area contributed by atoms with E-state index in [0.29, 0.717) is 16.7 Å². The highest BCUT2D eigenvalue weighted by molar-refractivity contribution is 6.09. The van der Waals surface area contributed by atoms with Crippen molar-refractivity contribution in [1.82, 2.24) is 4.90 Å². The van der Waals surface area contributed by atoms with Gasteiger partial charge in [0.15, 0.2) is 0 Å². The molecule has 0 unspecified atom stereocenters. The maximum Gasteiger partial charge on any atom is 0.338 e. The SMILES string of the molecule is CC(C)(C)OC(=O)c1ccc(COC(=O)[C@@H]2[C@H](Cc3ccccc3)C(=O)N2C(=O)Cc2cccc(C(=O)OCc3ccccc3)c2)cc1. The van der Waals surface area contributed by atoms with E-state index in [0.717, 1.165) is 16.0 Å². The van der Waals surface area contributed by atoms with Gasteiger partial charge in [-0.15, -0.1) is 0 Å². The summed E-state index contributed by atoms with van der Waals surface area (Å²) < 4.78 is 16.4. The molecule has 48 heavy (non-hydrogen) atoms. The van der Waals surface area contributed by atoms with Crippen LogP contribution in [0.3, 0.4) is 0 Å². The molecule has 4 aromatic rings. The van der Waals surface area contributed by atoms with Gasteiger partial charge >= 0.3 is 17.9 Å². The second kappa shape index (κ2) is 14.9. The van der Waals surface area contributed by atoms with Crippen molar-refractivity contribution >= 4 is 29.7 Å². The van der Waals surface area contributed by atoms with Gasteiger partial charge in [-0.1, -0.05) is 84.9 Å². The van der Waals surface area contributed by atoms with E-state index in [-0.39, 0.29) is 31.6 Å². The van der Waals surface area contributed by atoms with Crippen LogP contribution in [0.1, 0.15) is 63.7 Å². The van der Waals surface area contributed by atoms with E-state index >= 15 is 0 Å². The average molecular weight is 648 g/mol. The molecular weight excluding hydrogens is 610 g/mol. The molecule has 246 valence electrons. The molecule has 1 aliphatic heterocycles. The lowest BCUT2D eigenvalue weighted by Crippen LogP contribution is -2.67. The van der Waals surface area contributed by atoms with Crippen molar-refractivity contribution in [1.29, 1.82) is 0 Å². The predicted molar refractivity (Wildman–Crippen MR) is 176 cm³/mol. The van der Waals surface area contributed by atoms with E-state index in [1.807, 2.05) is 60.7 Å². The van der Waals surface area contributed by atoms with Gasteiger partial charge in [0.05, 0.1) is 23.5 Å². The molecule has 0 saturated carbocycles. The number of carbonyl (C=O) groups excluding carboxylic acids is 5. The van der Waals surface area contributed by atoms with Crippen molar-refractivity contribution in [3.8, 4) is 0 Å². The van der Waals surface area contributed by atoms with E-state index in [4.69, 9.17) is 14.2 Å². The van der Waals surface area contributed by atoms with Gasteiger partial charge in [0.2, 0.25) is 11.8 Å². The van der Waals surface area contributed by atoms with Crippen LogP contribution in [-0.2, 0) is 54.6 Å². The number of imide groups is 1. The van der Waals surface area contributed by atoms with Gasteiger partial charge in [-0.3, -0.25) is 14.5 Å². The third-order valence-electron chi connectivity index (χ3n) is 7.72. The third kappa shape index (κ3) is 8.61. The van der Waals surface area contributed by atoms with Gasteiger partial charge in [0.1, 0.15) is 24.9 Å². The number of likely N-dealkylation sites (tertiary alicyclic amines) is 1. The molecule has 2 atom stereocenters. The largest absolute Gasteiger partial charge is 0.459 e. The molecule has 0 spiro atoms. The molecule has 4 aromatic carbocycles. The normalized spacial score (nSPS) is 15.6. The number of carbonyl (C=O) groups is 5. The molecule has 9 heteroatoms. The lowest BCUT2D eigenvalue weighted by molar-refractivity contribution is -0.180. The summed E-state index contributed by atoms with van der Waals surface area (Å²) in [5.41, 5.74) is 2.79. The van der Waals surface area contributed by atoms with Crippen LogP contribution in [-0.4, -0.2) is 46.3 Å². The Hall–Kier alpha value is -5.57. The number of benzene rings is 4. The van der Waals surface area contributed by atoms with E-state index in [9.17, 15) is 24.0 Å². The van der Waals surface area contributed by atoms with Crippen LogP contribution in [0.15, 0.2) is 109 Å². The maximum atomic E-state index is 13.5. The van der Waals surface area contributed by atoms with Crippen molar-refractivity contribution in [2.45, 2.75) is 58.5 Å². The van der Waals surface area contributed by atoms with Gasteiger partial charge in [0, 0.05) is 0 Å². The highest BCUT2D eigenvalue weighted by Crippen LogP contribution is 2.32. The number of hydrogen-bond donors (Lipinski definition) is 0. The van der Waals surface area contributed by atoms with Crippen LogP contribution in [0.25, 0.3) is 0 Å². The van der Waals surface area contributed by atoms with E-state index in [1.165, 1.54) is 0 Å². The highest BCUT2D eigenvalue weighted by Gasteiger charge is 2.54. The number of ether oxygens (including phenoxy) is 3. The first kappa shape index (κ1) is 33.8. The minimum atomic E-state index is -1.12. The van der Waals surface area contributed by atoms with Crippen LogP contribution in [0.2, 0.25) is 0 Å². The van der Waals surface area contributed by atoms with Crippen molar-refractivity contribution in [2.75, 3.05) is 0 Å². The molecular formula is C39H37NO8. The number of nitrogens with zero attached hydrogens (tertiary/aromatic N) is 1. The first-order valence-corrected chi connectivity index (χ1v) is 15.7. The van der Waals surface area contributed by atoms with Gasteiger partial charge in [-0.05, 0) is 73.7 Å². The Balaban J connectivity index is 1.26. The lowest BCUT2D eigenvalue weighted by Gasteiger charge is -2.44. The molecule has 0 N–H and O–H groups in total. The topological polar surface area (TPSA) is 116 Å². The zero-order valence-corrected chi connectivity index (χ0v) is 27.1. The second-order valence-electron chi connectivity index (χ2n) is 12.6. The van der Waals surface area contributed by atoms with Crippen LogP contribution in [0.5, 0.6) is 0 Å². The summed E-state index contributed by atoms with van der Waals surface area (Å²) in [4.78, 5) is 66.4. The minimum absolute atomic E-state index is 0.103. The Kier molecular flexibility index (Phi) is 10.5. The van der Waals surface area contributed by atoms with Crippen molar-refractivity contribution < 1.29 is 38.2 Å². The predicted octanol–water partition coefficient (Wildman–Crippen LogP) is 5.88. The summed E-state index contributed by atoms with van der Waals surface area (Å²) in [5.74, 6) is -3.55. The second-order valence-corrected chi connectivity index (χ2v) is 12.6. The summed E-state index contributed by atoms with van der Waals surface area (Å²) in [6.45, 7) is 5.33. The van der Waals surface area contributed by atoms with Crippen molar-refractivity contribution in [2.24, 2.45) is 5.92 Å². The molecule has 1 aliphatic rings.